The molecule has 0 unspecified atom stereocenters. The quantitative estimate of drug-likeness (QED) is 0.147. The highest BCUT2D eigenvalue weighted by Crippen LogP contribution is 2.35. The van der Waals surface area contributed by atoms with Gasteiger partial charge in [-0.25, -0.2) is 4.68 Å². The van der Waals surface area contributed by atoms with Gasteiger partial charge in [-0.1, -0.05) is 146 Å². The first-order valence-electron chi connectivity index (χ1n) is 19.2. The Morgan fingerprint density at radius 3 is 1.02 bits per heavy atom. The Morgan fingerprint density at radius 2 is 0.661 bits per heavy atom. The van der Waals surface area contributed by atoms with Crippen LogP contribution in [-0.4, -0.2) is 15.0 Å². The van der Waals surface area contributed by atoms with Crippen LogP contribution in [0.1, 0.15) is 13.8 Å². The summed E-state index contributed by atoms with van der Waals surface area (Å²) in [7, 11) is 0. The summed E-state index contributed by atoms with van der Waals surface area (Å²) < 4.78 is 4.47. The molecule has 0 spiro atoms. The normalized spacial score (nSPS) is 12.3. The summed E-state index contributed by atoms with van der Waals surface area (Å²) >= 11 is 0. The average molecular weight is 718 g/mol. The van der Waals surface area contributed by atoms with Gasteiger partial charge in [0.15, 0.2) is 0 Å². The first-order chi connectivity index (χ1) is 27.6. The first-order valence-corrected chi connectivity index (χ1v) is 19.2. The Hall–Kier alpha value is -7.23. The fourth-order valence-electron chi connectivity index (χ4n) is 7.94. The fourth-order valence-corrected chi connectivity index (χ4v) is 7.94. The SMILES string of the molecule is CC(=Cn1c(-c2ccc3ccccc3c2)ccc1-c1ccc2ccccc2c1)C(C)=Nn1c(-c2ccc3ccccc3c2)ccc1-c1ccc2ccccc2c1. The van der Waals surface area contributed by atoms with Gasteiger partial charge in [0.25, 0.3) is 0 Å². The third-order valence-electron chi connectivity index (χ3n) is 11.1. The molecular formula is C53H39N3. The molecule has 266 valence electrons. The minimum absolute atomic E-state index is 0.924. The van der Waals surface area contributed by atoms with E-state index in [1.165, 1.54) is 43.1 Å². The molecule has 56 heavy (non-hydrogen) atoms. The molecule has 10 rings (SSSR count). The number of fused-ring (bicyclic) bond motifs is 4. The van der Waals surface area contributed by atoms with Gasteiger partial charge in [0.2, 0.25) is 0 Å². The highest BCUT2D eigenvalue weighted by atomic mass is 15.4. The van der Waals surface area contributed by atoms with Crippen LogP contribution in [0.4, 0.5) is 0 Å². The Morgan fingerprint density at radius 1 is 0.357 bits per heavy atom. The largest absolute Gasteiger partial charge is 0.316 e. The van der Waals surface area contributed by atoms with Gasteiger partial charge in [-0.3, -0.25) is 0 Å². The van der Waals surface area contributed by atoms with Gasteiger partial charge in [0, 0.05) is 17.3 Å². The van der Waals surface area contributed by atoms with Crippen molar-refractivity contribution in [2.45, 2.75) is 13.8 Å². The lowest BCUT2D eigenvalue weighted by molar-refractivity contribution is 0.903. The van der Waals surface area contributed by atoms with Gasteiger partial charge in [-0.05, 0) is 122 Å². The summed E-state index contributed by atoms with van der Waals surface area (Å²) in [5.74, 6) is 0. The van der Waals surface area contributed by atoms with Gasteiger partial charge in [0.1, 0.15) is 0 Å². The zero-order valence-corrected chi connectivity index (χ0v) is 31.4. The lowest BCUT2D eigenvalue weighted by Gasteiger charge is -2.14. The van der Waals surface area contributed by atoms with Crippen molar-refractivity contribution in [2.24, 2.45) is 5.10 Å². The molecule has 10 aromatic rings. The van der Waals surface area contributed by atoms with Crippen LogP contribution in [0.5, 0.6) is 0 Å². The number of hydrogen-bond acceptors (Lipinski definition) is 1. The molecular weight excluding hydrogens is 679 g/mol. The second-order valence-electron chi connectivity index (χ2n) is 14.6. The molecule has 3 heteroatoms. The molecule has 0 N–H and O–H groups in total. The van der Waals surface area contributed by atoms with E-state index >= 15 is 0 Å². The summed E-state index contributed by atoms with van der Waals surface area (Å²) in [5, 5.41) is 15.2. The maximum absolute atomic E-state index is 5.45. The van der Waals surface area contributed by atoms with E-state index in [0.717, 1.165) is 56.3 Å². The standard InChI is InChI=1S/C53H39N3/c1-36(35-55-50(46-23-19-38-11-3-7-15-42(38)31-46)27-28-51(55)47-24-20-39-12-4-8-16-43(39)32-47)37(2)54-56-52(48-25-21-40-13-5-9-17-44(40)33-48)29-30-53(56)49-26-22-41-14-6-10-18-45(41)34-49/h3-35H,1-2H3. The van der Waals surface area contributed by atoms with Crippen LogP contribution < -0.4 is 0 Å². The summed E-state index contributed by atoms with van der Waals surface area (Å²) in [6, 6.07) is 69.9. The highest BCUT2D eigenvalue weighted by molar-refractivity contribution is 6.01. The van der Waals surface area contributed by atoms with Gasteiger partial charge in [0.05, 0.1) is 28.5 Å². The molecule has 2 aromatic heterocycles. The molecule has 0 saturated heterocycles. The average Bonchev–Trinajstić information content (AvgIpc) is 3.87. The van der Waals surface area contributed by atoms with Crippen LogP contribution in [0.25, 0.3) is 94.3 Å². The van der Waals surface area contributed by atoms with Crippen LogP contribution in [0.15, 0.2) is 205 Å². The van der Waals surface area contributed by atoms with Crippen molar-refractivity contribution in [3.8, 4) is 45.0 Å². The van der Waals surface area contributed by atoms with E-state index in [1.807, 2.05) is 0 Å². The molecule has 3 nitrogen and oxygen atoms in total. The van der Waals surface area contributed by atoms with Crippen LogP contribution in [0, 0.1) is 0 Å². The predicted molar refractivity (Wildman–Crippen MR) is 239 cm³/mol. The van der Waals surface area contributed by atoms with Crippen molar-refractivity contribution in [2.75, 3.05) is 0 Å². The van der Waals surface area contributed by atoms with E-state index in [4.69, 9.17) is 5.10 Å². The molecule has 0 aliphatic carbocycles. The second kappa shape index (κ2) is 13.9. The third-order valence-corrected chi connectivity index (χ3v) is 11.1. The first kappa shape index (κ1) is 33.3. The lowest BCUT2D eigenvalue weighted by atomic mass is 10.0. The minimum atomic E-state index is 0.924. The smallest absolute Gasteiger partial charge is 0.0726 e. The number of aromatic nitrogens is 2. The zero-order chi connectivity index (χ0) is 37.6. The van der Waals surface area contributed by atoms with E-state index in [-0.39, 0.29) is 0 Å². The van der Waals surface area contributed by atoms with Gasteiger partial charge >= 0.3 is 0 Å². The maximum Gasteiger partial charge on any atom is 0.0726 e. The minimum Gasteiger partial charge on any atom is -0.316 e. The third kappa shape index (κ3) is 6.10. The number of hydrogen-bond donors (Lipinski definition) is 0. The summed E-state index contributed by atoms with van der Waals surface area (Å²) in [4.78, 5) is 0. The van der Waals surface area contributed by atoms with Crippen molar-refractivity contribution in [3.05, 3.63) is 200 Å². The Kier molecular flexibility index (Phi) is 8.26. The van der Waals surface area contributed by atoms with Crippen molar-refractivity contribution in [1.29, 1.82) is 0 Å². The lowest BCUT2D eigenvalue weighted by Crippen LogP contribution is -2.04. The Balaban J connectivity index is 1.13. The van der Waals surface area contributed by atoms with E-state index in [1.54, 1.807) is 0 Å². The van der Waals surface area contributed by atoms with Gasteiger partial charge in [-0.2, -0.15) is 5.10 Å². The number of rotatable bonds is 7. The molecule has 0 aliphatic rings. The zero-order valence-electron chi connectivity index (χ0n) is 31.4. The van der Waals surface area contributed by atoms with Crippen molar-refractivity contribution in [3.63, 3.8) is 0 Å². The molecule has 8 aromatic carbocycles. The van der Waals surface area contributed by atoms with Crippen molar-refractivity contribution >= 4 is 55.0 Å². The predicted octanol–water partition coefficient (Wildman–Crippen LogP) is 14.4. The van der Waals surface area contributed by atoms with Crippen molar-refractivity contribution < 1.29 is 0 Å². The molecule has 0 amide bonds. The van der Waals surface area contributed by atoms with Crippen molar-refractivity contribution in [1.82, 2.24) is 9.24 Å². The molecule has 0 bridgehead atoms. The molecule has 2 heterocycles. The summed E-state index contributed by atoms with van der Waals surface area (Å²) in [5.41, 5.74) is 10.9. The maximum atomic E-state index is 5.45. The van der Waals surface area contributed by atoms with Crippen LogP contribution in [0.2, 0.25) is 0 Å². The molecule has 0 atom stereocenters. The van der Waals surface area contributed by atoms with E-state index in [0.29, 0.717) is 0 Å². The summed E-state index contributed by atoms with van der Waals surface area (Å²) in [6.07, 6.45) is 2.25. The van der Waals surface area contributed by atoms with Crippen LogP contribution in [-0.2, 0) is 0 Å². The molecule has 0 fully saturated rings. The van der Waals surface area contributed by atoms with Crippen LogP contribution in [0.3, 0.4) is 0 Å². The monoisotopic (exact) mass is 717 g/mol. The number of nitrogens with zero attached hydrogens (tertiary/aromatic N) is 3. The Labute approximate surface area is 326 Å². The number of benzene rings is 8. The molecule has 0 radical (unpaired) electrons. The second-order valence-corrected chi connectivity index (χ2v) is 14.6. The van der Waals surface area contributed by atoms with Gasteiger partial charge in [-0.15, -0.1) is 0 Å². The number of allylic oxidation sites excluding steroid dienone is 1. The van der Waals surface area contributed by atoms with Gasteiger partial charge < -0.3 is 4.57 Å². The highest BCUT2D eigenvalue weighted by Gasteiger charge is 2.16. The summed E-state index contributed by atoms with van der Waals surface area (Å²) in [6.45, 7) is 4.29. The van der Waals surface area contributed by atoms with E-state index < -0.39 is 0 Å². The van der Waals surface area contributed by atoms with E-state index in [9.17, 15) is 0 Å². The molecule has 0 saturated carbocycles. The topological polar surface area (TPSA) is 22.2 Å². The Bertz CT molecular complexity index is 2760. The molecule has 0 aliphatic heterocycles. The van der Waals surface area contributed by atoms with E-state index in [2.05, 4.69) is 223 Å². The van der Waals surface area contributed by atoms with Crippen LogP contribution >= 0.6 is 0 Å². The fraction of sp³-hybridized carbons (Fsp3) is 0.0377.